The SMILES string of the molecule is CCOC(=O)[C@H]1C2CC(O)C[C@@H]21. The molecule has 2 aliphatic rings. The lowest BCUT2D eigenvalue weighted by molar-refractivity contribution is -0.145. The van der Waals surface area contributed by atoms with Crippen LogP contribution in [0, 0.1) is 17.8 Å². The Hall–Kier alpha value is -0.570. The first kappa shape index (κ1) is 8.05. The highest BCUT2D eigenvalue weighted by Crippen LogP contribution is 2.57. The van der Waals surface area contributed by atoms with Crippen LogP contribution in [0.4, 0.5) is 0 Å². The van der Waals surface area contributed by atoms with Crippen molar-refractivity contribution in [2.75, 3.05) is 6.61 Å². The predicted octanol–water partition coefficient (Wildman–Crippen LogP) is 0.566. The summed E-state index contributed by atoms with van der Waals surface area (Å²) in [5.74, 6) is 0.922. The molecule has 0 spiro atoms. The van der Waals surface area contributed by atoms with Gasteiger partial charge in [-0.15, -0.1) is 0 Å². The maximum Gasteiger partial charge on any atom is 0.309 e. The number of rotatable bonds is 2. The molecule has 0 heterocycles. The van der Waals surface area contributed by atoms with Gasteiger partial charge in [0, 0.05) is 0 Å². The predicted molar refractivity (Wildman–Crippen MR) is 42.3 cm³/mol. The van der Waals surface area contributed by atoms with E-state index >= 15 is 0 Å². The summed E-state index contributed by atoms with van der Waals surface area (Å²) in [6, 6.07) is 0. The van der Waals surface area contributed by atoms with Crippen LogP contribution in [-0.2, 0) is 9.53 Å². The van der Waals surface area contributed by atoms with Crippen LogP contribution in [0.2, 0.25) is 0 Å². The number of fused-ring (bicyclic) bond motifs is 1. The fourth-order valence-electron chi connectivity index (χ4n) is 2.40. The molecule has 68 valence electrons. The molecule has 2 rings (SSSR count). The van der Waals surface area contributed by atoms with Gasteiger partial charge in [0.25, 0.3) is 0 Å². The fraction of sp³-hybridized carbons (Fsp3) is 0.889. The molecule has 2 fully saturated rings. The molecule has 12 heavy (non-hydrogen) atoms. The summed E-state index contributed by atoms with van der Waals surface area (Å²) >= 11 is 0. The topological polar surface area (TPSA) is 46.5 Å². The number of aliphatic hydroxyl groups excluding tert-OH is 1. The summed E-state index contributed by atoms with van der Waals surface area (Å²) in [7, 11) is 0. The Morgan fingerprint density at radius 1 is 1.50 bits per heavy atom. The van der Waals surface area contributed by atoms with Crippen molar-refractivity contribution in [1.82, 2.24) is 0 Å². The summed E-state index contributed by atoms with van der Waals surface area (Å²) in [5.41, 5.74) is 0. The smallest absolute Gasteiger partial charge is 0.309 e. The largest absolute Gasteiger partial charge is 0.466 e. The molecule has 0 aromatic heterocycles. The molecule has 0 aliphatic heterocycles. The quantitative estimate of drug-likeness (QED) is 0.616. The zero-order valence-electron chi connectivity index (χ0n) is 7.19. The van der Waals surface area contributed by atoms with E-state index in [1.807, 2.05) is 6.92 Å². The molecule has 3 heteroatoms. The molecule has 2 aliphatic carbocycles. The Labute approximate surface area is 71.7 Å². The first-order valence-corrected chi connectivity index (χ1v) is 4.58. The van der Waals surface area contributed by atoms with Gasteiger partial charge in [-0.2, -0.15) is 0 Å². The zero-order valence-corrected chi connectivity index (χ0v) is 7.19. The van der Waals surface area contributed by atoms with Crippen LogP contribution in [0.25, 0.3) is 0 Å². The van der Waals surface area contributed by atoms with Crippen LogP contribution in [0.5, 0.6) is 0 Å². The standard InChI is InChI=1S/C9H14O3/c1-2-12-9(11)8-6-3-5(10)4-7(6)8/h5-8,10H,2-4H2,1H3/t5?,6-,7?,8+/m0/s1. The van der Waals surface area contributed by atoms with Crippen LogP contribution in [-0.4, -0.2) is 23.8 Å². The van der Waals surface area contributed by atoms with Crippen molar-refractivity contribution in [3.05, 3.63) is 0 Å². The molecule has 0 aromatic carbocycles. The lowest BCUT2D eigenvalue weighted by atomic mass is 10.1. The van der Waals surface area contributed by atoms with Crippen molar-refractivity contribution in [1.29, 1.82) is 0 Å². The molecular formula is C9H14O3. The third-order valence-electron chi connectivity index (χ3n) is 2.98. The number of esters is 1. The highest BCUT2D eigenvalue weighted by Gasteiger charge is 2.60. The minimum absolute atomic E-state index is 0.0561. The molecule has 3 nitrogen and oxygen atoms in total. The molecule has 2 unspecified atom stereocenters. The highest BCUT2D eigenvalue weighted by atomic mass is 16.5. The van der Waals surface area contributed by atoms with Gasteiger partial charge in [0.1, 0.15) is 0 Å². The monoisotopic (exact) mass is 170 g/mol. The van der Waals surface area contributed by atoms with Gasteiger partial charge in [-0.1, -0.05) is 0 Å². The summed E-state index contributed by atoms with van der Waals surface area (Å²) in [4.78, 5) is 11.2. The molecular weight excluding hydrogens is 156 g/mol. The van der Waals surface area contributed by atoms with Crippen molar-refractivity contribution in [2.24, 2.45) is 17.8 Å². The van der Waals surface area contributed by atoms with Gasteiger partial charge in [0.2, 0.25) is 0 Å². The maximum atomic E-state index is 11.2. The Morgan fingerprint density at radius 2 is 2.08 bits per heavy atom. The van der Waals surface area contributed by atoms with Crippen LogP contribution >= 0.6 is 0 Å². The fourth-order valence-corrected chi connectivity index (χ4v) is 2.40. The Bertz CT molecular complexity index is 190. The highest BCUT2D eigenvalue weighted by molar-refractivity contribution is 5.76. The van der Waals surface area contributed by atoms with Gasteiger partial charge in [0.05, 0.1) is 18.6 Å². The van der Waals surface area contributed by atoms with E-state index in [0.29, 0.717) is 18.4 Å². The molecule has 0 radical (unpaired) electrons. The molecule has 0 saturated heterocycles. The van der Waals surface area contributed by atoms with Crippen molar-refractivity contribution in [2.45, 2.75) is 25.9 Å². The van der Waals surface area contributed by atoms with E-state index in [9.17, 15) is 9.90 Å². The lowest BCUT2D eigenvalue weighted by Gasteiger charge is -2.06. The van der Waals surface area contributed by atoms with Gasteiger partial charge in [-0.05, 0) is 31.6 Å². The average molecular weight is 170 g/mol. The van der Waals surface area contributed by atoms with E-state index in [2.05, 4.69) is 0 Å². The second-order valence-electron chi connectivity index (χ2n) is 3.73. The van der Waals surface area contributed by atoms with Crippen LogP contribution in [0.3, 0.4) is 0 Å². The third kappa shape index (κ3) is 1.12. The third-order valence-corrected chi connectivity index (χ3v) is 2.98. The van der Waals surface area contributed by atoms with E-state index in [-0.39, 0.29) is 18.0 Å². The Kier molecular flexibility index (Phi) is 1.83. The van der Waals surface area contributed by atoms with Crippen molar-refractivity contribution >= 4 is 5.97 Å². The van der Waals surface area contributed by atoms with Crippen LogP contribution in [0.1, 0.15) is 19.8 Å². The normalized spacial score (nSPS) is 43.8. The second-order valence-corrected chi connectivity index (χ2v) is 3.73. The molecule has 2 saturated carbocycles. The number of carbonyl (C=O) groups is 1. The zero-order chi connectivity index (χ0) is 8.72. The molecule has 0 aromatic rings. The van der Waals surface area contributed by atoms with Gasteiger partial charge < -0.3 is 9.84 Å². The summed E-state index contributed by atoms with van der Waals surface area (Å²) in [6.45, 7) is 2.29. The first-order valence-electron chi connectivity index (χ1n) is 4.58. The Balaban J connectivity index is 1.85. The molecule has 4 atom stereocenters. The minimum atomic E-state index is -0.161. The van der Waals surface area contributed by atoms with E-state index in [4.69, 9.17) is 4.74 Å². The van der Waals surface area contributed by atoms with Gasteiger partial charge >= 0.3 is 5.97 Å². The summed E-state index contributed by atoms with van der Waals surface area (Å²) in [6.07, 6.45) is 1.44. The lowest BCUT2D eigenvalue weighted by Crippen LogP contribution is -2.14. The minimum Gasteiger partial charge on any atom is -0.466 e. The number of hydrogen-bond acceptors (Lipinski definition) is 3. The molecule has 0 bridgehead atoms. The number of carbonyl (C=O) groups excluding carboxylic acids is 1. The van der Waals surface area contributed by atoms with E-state index in [0.717, 1.165) is 12.8 Å². The van der Waals surface area contributed by atoms with E-state index in [1.54, 1.807) is 0 Å². The van der Waals surface area contributed by atoms with Crippen molar-refractivity contribution in [3.8, 4) is 0 Å². The number of ether oxygens (including phenoxy) is 1. The molecule has 0 amide bonds. The van der Waals surface area contributed by atoms with E-state index in [1.165, 1.54) is 0 Å². The second kappa shape index (κ2) is 2.73. The number of aliphatic hydroxyl groups is 1. The van der Waals surface area contributed by atoms with Crippen LogP contribution in [0.15, 0.2) is 0 Å². The Morgan fingerprint density at radius 3 is 2.58 bits per heavy atom. The van der Waals surface area contributed by atoms with Crippen molar-refractivity contribution in [3.63, 3.8) is 0 Å². The van der Waals surface area contributed by atoms with Gasteiger partial charge in [-0.3, -0.25) is 4.79 Å². The number of hydrogen-bond donors (Lipinski definition) is 1. The maximum absolute atomic E-state index is 11.2. The van der Waals surface area contributed by atoms with Gasteiger partial charge in [-0.25, -0.2) is 0 Å². The van der Waals surface area contributed by atoms with Crippen LogP contribution < -0.4 is 0 Å². The summed E-state index contributed by atoms with van der Waals surface area (Å²) in [5, 5.41) is 9.21. The summed E-state index contributed by atoms with van der Waals surface area (Å²) < 4.78 is 4.92. The van der Waals surface area contributed by atoms with Crippen molar-refractivity contribution < 1.29 is 14.6 Å². The van der Waals surface area contributed by atoms with Gasteiger partial charge in [0.15, 0.2) is 0 Å². The average Bonchev–Trinajstić information content (AvgIpc) is 2.51. The first-order chi connectivity index (χ1) is 5.74. The van der Waals surface area contributed by atoms with E-state index < -0.39 is 0 Å². The molecule has 1 N–H and O–H groups in total.